The molecule has 0 unspecified atom stereocenters. The average molecular weight is 473 g/mol. The van der Waals surface area contributed by atoms with Crippen LogP contribution in [0.4, 0.5) is 11.4 Å². The Morgan fingerprint density at radius 3 is 2.59 bits per heavy atom. The topological polar surface area (TPSA) is 71.3 Å². The van der Waals surface area contributed by atoms with Gasteiger partial charge in [0.2, 0.25) is 11.8 Å². The minimum Gasteiger partial charge on any atom is -0.411 e. The summed E-state index contributed by atoms with van der Waals surface area (Å²) < 4.78 is 6.54. The molecule has 2 heterocycles. The Bertz CT molecular complexity index is 971. The lowest BCUT2D eigenvalue weighted by molar-refractivity contribution is -0.113. The van der Waals surface area contributed by atoms with Crippen molar-refractivity contribution in [2.45, 2.75) is 24.5 Å². The second kappa shape index (κ2) is 9.45. The quantitative estimate of drug-likeness (QED) is 0.495. The lowest BCUT2D eigenvalue weighted by Gasteiger charge is -2.28. The standard InChI is InChI=1S/C21H21BrN4O2S/c22-18-7-3-2-6-17(18)20-24-25-21(28-20)29-14-19(27)23-15-8-10-16(11-9-15)26-12-4-1-5-13-26/h2-3,6-11H,1,4-5,12-14H2,(H,23,27). The smallest absolute Gasteiger partial charge is 0.277 e. The van der Waals surface area contributed by atoms with E-state index in [0.717, 1.165) is 28.8 Å². The molecule has 0 bridgehead atoms. The zero-order chi connectivity index (χ0) is 20.1. The normalized spacial score (nSPS) is 14.0. The molecule has 0 radical (unpaired) electrons. The number of nitrogens with zero attached hydrogens (tertiary/aromatic N) is 3. The van der Waals surface area contributed by atoms with Gasteiger partial charge in [0.1, 0.15) is 0 Å². The van der Waals surface area contributed by atoms with E-state index in [4.69, 9.17) is 4.42 Å². The lowest BCUT2D eigenvalue weighted by Crippen LogP contribution is -2.29. The van der Waals surface area contributed by atoms with Gasteiger partial charge in [0.15, 0.2) is 0 Å². The van der Waals surface area contributed by atoms with Crippen LogP contribution in [0.15, 0.2) is 62.6 Å². The number of aromatic nitrogens is 2. The molecule has 150 valence electrons. The second-order valence-electron chi connectivity index (χ2n) is 6.78. The maximum absolute atomic E-state index is 12.3. The van der Waals surface area contributed by atoms with E-state index in [0.29, 0.717) is 11.1 Å². The predicted octanol–water partition coefficient (Wildman–Crippen LogP) is 5.22. The summed E-state index contributed by atoms with van der Waals surface area (Å²) in [6.45, 7) is 2.21. The number of thioether (sulfide) groups is 1. The molecule has 0 spiro atoms. The van der Waals surface area contributed by atoms with E-state index in [1.807, 2.05) is 36.4 Å². The van der Waals surface area contributed by atoms with Crippen molar-refractivity contribution >= 4 is 45.0 Å². The van der Waals surface area contributed by atoms with Crippen LogP contribution >= 0.6 is 27.7 Å². The first-order valence-corrected chi connectivity index (χ1v) is 11.3. The number of hydrogen-bond acceptors (Lipinski definition) is 6. The zero-order valence-electron chi connectivity index (χ0n) is 15.8. The van der Waals surface area contributed by atoms with Crippen LogP contribution in [0.5, 0.6) is 0 Å². The molecule has 1 aliphatic rings. The molecule has 1 amide bonds. The first kappa shape index (κ1) is 20.0. The molecule has 0 atom stereocenters. The Labute approximate surface area is 182 Å². The van der Waals surface area contributed by atoms with Crippen molar-refractivity contribution < 1.29 is 9.21 Å². The maximum Gasteiger partial charge on any atom is 0.277 e. The number of rotatable bonds is 6. The summed E-state index contributed by atoms with van der Waals surface area (Å²) in [5.41, 5.74) is 2.82. The predicted molar refractivity (Wildman–Crippen MR) is 119 cm³/mol. The molecule has 0 aliphatic carbocycles. The summed E-state index contributed by atoms with van der Waals surface area (Å²) in [7, 11) is 0. The maximum atomic E-state index is 12.3. The first-order valence-electron chi connectivity index (χ1n) is 9.55. The summed E-state index contributed by atoms with van der Waals surface area (Å²) >= 11 is 4.69. The van der Waals surface area contributed by atoms with E-state index < -0.39 is 0 Å². The van der Waals surface area contributed by atoms with Gasteiger partial charge in [-0.2, -0.15) is 0 Å². The highest BCUT2D eigenvalue weighted by Crippen LogP contribution is 2.29. The van der Waals surface area contributed by atoms with Crippen LogP contribution in [0.2, 0.25) is 0 Å². The summed E-state index contributed by atoms with van der Waals surface area (Å²) in [5.74, 6) is 0.515. The molecule has 0 saturated carbocycles. The van der Waals surface area contributed by atoms with Crippen LogP contribution in [-0.4, -0.2) is 34.9 Å². The van der Waals surface area contributed by atoms with Crippen LogP contribution in [0.1, 0.15) is 19.3 Å². The lowest BCUT2D eigenvalue weighted by atomic mass is 10.1. The van der Waals surface area contributed by atoms with Gasteiger partial charge in [-0.25, -0.2) is 0 Å². The van der Waals surface area contributed by atoms with Crippen molar-refractivity contribution in [3.05, 3.63) is 53.0 Å². The Morgan fingerprint density at radius 2 is 1.83 bits per heavy atom. The minimum atomic E-state index is -0.110. The number of carbonyl (C=O) groups excluding carboxylic acids is 1. The molecule has 1 aliphatic heterocycles. The second-order valence-corrected chi connectivity index (χ2v) is 8.57. The number of piperidine rings is 1. The number of nitrogens with one attached hydrogen (secondary N) is 1. The largest absolute Gasteiger partial charge is 0.411 e. The zero-order valence-corrected chi connectivity index (χ0v) is 18.2. The van der Waals surface area contributed by atoms with Crippen molar-refractivity contribution in [1.82, 2.24) is 10.2 Å². The van der Waals surface area contributed by atoms with E-state index in [9.17, 15) is 4.79 Å². The molecular formula is C21H21BrN4O2S. The number of amides is 1. The van der Waals surface area contributed by atoms with Crippen molar-refractivity contribution in [3.8, 4) is 11.5 Å². The third-order valence-corrected chi connectivity index (χ3v) is 6.22. The Morgan fingerprint density at radius 1 is 1.07 bits per heavy atom. The molecule has 8 heteroatoms. The molecule has 29 heavy (non-hydrogen) atoms. The highest BCUT2D eigenvalue weighted by Gasteiger charge is 2.14. The molecule has 3 aromatic rings. The van der Waals surface area contributed by atoms with E-state index >= 15 is 0 Å². The minimum absolute atomic E-state index is 0.110. The van der Waals surface area contributed by atoms with Gasteiger partial charge in [-0.3, -0.25) is 4.79 Å². The van der Waals surface area contributed by atoms with Gasteiger partial charge in [0.25, 0.3) is 5.22 Å². The van der Waals surface area contributed by atoms with Gasteiger partial charge >= 0.3 is 0 Å². The van der Waals surface area contributed by atoms with Crippen LogP contribution < -0.4 is 10.2 Å². The SMILES string of the molecule is O=C(CSc1nnc(-c2ccccc2Br)o1)Nc1ccc(N2CCCCC2)cc1. The fourth-order valence-corrected chi connectivity index (χ4v) is 4.26. The monoisotopic (exact) mass is 472 g/mol. The highest BCUT2D eigenvalue weighted by atomic mass is 79.9. The molecule has 1 aromatic heterocycles. The van der Waals surface area contributed by atoms with Gasteiger partial charge in [0.05, 0.1) is 11.3 Å². The van der Waals surface area contributed by atoms with Crippen molar-refractivity contribution in [2.75, 3.05) is 29.1 Å². The van der Waals surface area contributed by atoms with Gasteiger partial charge in [0, 0.05) is 28.9 Å². The van der Waals surface area contributed by atoms with E-state index in [1.54, 1.807) is 0 Å². The Balaban J connectivity index is 1.30. The average Bonchev–Trinajstić information content (AvgIpc) is 3.23. The van der Waals surface area contributed by atoms with E-state index in [1.165, 1.54) is 36.7 Å². The molecule has 6 nitrogen and oxygen atoms in total. The van der Waals surface area contributed by atoms with Crippen molar-refractivity contribution in [3.63, 3.8) is 0 Å². The number of anilines is 2. The molecular weight excluding hydrogens is 452 g/mol. The Kier molecular flexibility index (Phi) is 6.51. The number of benzene rings is 2. The molecule has 4 rings (SSSR count). The van der Waals surface area contributed by atoms with E-state index in [2.05, 4.69) is 48.5 Å². The number of halogens is 1. The van der Waals surface area contributed by atoms with Crippen LogP contribution in [0.25, 0.3) is 11.5 Å². The van der Waals surface area contributed by atoms with E-state index in [-0.39, 0.29) is 11.7 Å². The van der Waals surface area contributed by atoms with Crippen molar-refractivity contribution in [2.24, 2.45) is 0 Å². The molecule has 2 aromatic carbocycles. The number of carbonyl (C=O) groups is 1. The third kappa shape index (κ3) is 5.19. The van der Waals surface area contributed by atoms with Crippen LogP contribution in [0, 0.1) is 0 Å². The van der Waals surface area contributed by atoms with Gasteiger partial charge in [-0.1, -0.05) is 23.9 Å². The molecule has 1 fully saturated rings. The fourth-order valence-electron chi connectivity index (χ4n) is 3.24. The summed E-state index contributed by atoms with van der Waals surface area (Å²) in [6, 6.07) is 15.7. The van der Waals surface area contributed by atoms with Gasteiger partial charge in [-0.15, -0.1) is 10.2 Å². The Hall–Kier alpha value is -2.32. The summed E-state index contributed by atoms with van der Waals surface area (Å²) in [5, 5.41) is 11.4. The summed E-state index contributed by atoms with van der Waals surface area (Å²) in [6.07, 6.45) is 3.80. The van der Waals surface area contributed by atoms with Crippen LogP contribution in [0.3, 0.4) is 0 Å². The highest BCUT2D eigenvalue weighted by molar-refractivity contribution is 9.10. The first-order chi connectivity index (χ1) is 14.2. The molecule has 1 saturated heterocycles. The van der Waals surface area contributed by atoms with Gasteiger partial charge < -0.3 is 14.6 Å². The molecule has 1 N–H and O–H groups in total. The fraction of sp³-hybridized carbons (Fsp3) is 0.286. The van der Waals surface area contributed by atoms with Gasteiger partial charge in [-0.05, 0) is 71.6 Å². The van der Waals surface area contributed by atoms with Crippen molar-refractivity contribution in [1.29, 1.82) is 0 Å². The number of hydrogen-bond donors (Lipinski definition) is 1. The third-order valence-electron chi connectivity index (χ3n) is 4.71. The van der Waals surface area contributed by atoms with Crippen LogP contribution in [-0.2, 0) is 4.79 Å². The summed E-state index contributed by atoms with van der Waals surface area (Å²) in [4.78, 5) is 14.7.